The Balaban J connectivity index is 1.73. The zero-order valence-electron chi connectivity index (χ0n) is 11.8. The van der Waals surface area contributed by atoms with Crippen LogP contribution in [-0.2, 0) is 4.79 Å². The minimum atomic E-state index is -0.856. The average Bonchev–Trinajstić information content (AvgIpc) is 3.05. The number of hydrogen-bond donors (Lipinski definition) is 1. The predicted octanol–water partition coefficient (Wildman–Crippen LogP) is 1.69. The number of likely N-dealkylation sites (tertiary alicyclic amines) is 1. The number of benzene rings is 1. The van der Waals surface area contributed by atoms with Crippen molar-refractivity contribution in [1.29, 1.82) is 0 Å². The van der Waals surface area contributed by atoms with E-state index in [0.717, 1.165) is 5.56 Å². The smallest absolute Gasteiger partial charge is 0.308 e. The molecule has 0 saturated carbocycles. The van der Waals surface area contributed by atoms with Gasteiger partial charge in [0.15, 0.2) is 5.82 Å². The molecule has 3 rings (SSSR count). The van der Waals surface area contributed by atoms with Crippen molar-refractivity contribution in [2.75, 3.05) is 13.1 Å². The van der Waals surface area contributed by atoms with Gasteiger partial charge < -0.3 is 10.0 Å². The molecular formula is C16H15N3O3. The Hall–Kier alpha value is -2.76. The van der Waals surface area contributed by atoms with Crippen LogP contribution in [0.5, 0.6) is 0 Å². The molecule has 2 aromatic rings. The number of carbonyl (C=O) groups is 2. The summed E-state index contributed by atoms with van der Waals surface area (Å²) in [4.78, 5) is 33.2. The summed E-state index contributed by atoms with van der Waals surface area (Å²) in [5, 5.41) is 8.98. The van der Waals surface area contributed by atoms with Gasteiger partial charge in [-0.3, -0.25) is 9.59 Å². The van der Waals surface area contributed by atoms with E-state index < -0.39 is 11.9 Å². The molecule has 1 aromatic carbocycles. The van der Waals surface area contributed by atoms with Crippen molar-refractivity contribution in [3.63, 3.8) is 0 Å². The van der Waals surface area contributed by atoms with Crippen LogP contribution >= 0.6 is 0 Å². The highest BCUT2D eigenvalue weighted by Crippen LogP contribution is 2.19. The number of amides is 1. The molecule has 0 unspecified atom stereocenters. The van der Waals surface area contributed by atoms with Crippen LogP contribution in [0.3, 0.4) is 0 Å². The number of nitrogens with zero attached hydrogens (tertiary/aromatic N) is 3. The number of rotatable bonds is 3. The van der Waals surface area contributed by atoms with E-state index in [1.165, 1.54) is 12.4 Å². The third-order valence-corrected chi connectivity index (χ3v) is 3.76. The maximum Gasteiger partial charge on any atom is 0.308 e. The number of carbonyl (C=O) groups excluding carboxylic acids is 1. The second-order valence-electron chi connectivity index (χ2n) is 5.24. The minimum Gasteiger partial charge on any atom is -0.481 e. The van der Waals surface area contributed by atoms with E-state index >= 15 is 0 Å². The molecule has 1 saturated heterocycles. The van der Waals surface area contributed by atoms with Gasteiger partial charge in [0.25, 0.3) is 5.91 Å². The predicted molar refractivity (Wildman–Crippen MR) is 79.1 cm³/mol. The maximum absolute atomic E-state index is 12.3. The summed E-state index contributed by atoms with van der Waals surface area (Å²) < 4.78 is 0. The van der Waals surface area contributed by atoms with Crippen LogP contribution < -0.4 is 0 Å². The lowest BCUT2D eigenvalue weighted by molar-refractivity contribution is -0.141. The summed E-state index contributed by atoms with van der Waals surface area (Å²) >= 11 is 0. The third kappa shape index (κ3) is 2.81. The van der Waals surface area contributed by atoms with Crippen LogP contribution in [0.2, 0.25) is 0 Å². The molecule has 0 spiro atoms. The van der Waals surface area contributed by atoms with Crippen LogP contribution in [0.4, 0.5) is 0 Å². The van der Waals surface area contributed by atoms with Gasteiger partial charge in [-0.05, 0) is 6.42 Å². The van der Waals surface area contributed by atoms with E-state index in [1.54, 1.807) is 4.90 Å². The Kier molecular flexibility index (Phi) is 3.82. The van der Waals surface area contributed by atoms with Gasteiger partial charge in [0.2, 0.25) is 0 Å². The fourth-order valence-corrected chi connectivity index (χ4v) is 2.50. The third-order valence-electron chi connectivity index (χ3n) is 3.76. The van der Waals surface area contributed by atoms with Crippen molar-refractivity contribution in [3.05, 3.63) is 48.3 Å². The molecule has 1 atom stereocenters. The largest absolute Gasteiger partial charge is 0.481 e. The summed E-state index contributed by atoms with van der Waals surface area (Å²) in [5.74, 6) is -0.996. The molecule has 6 heteroatoms. The van der Waals surface area contributed by atoms with Crippen molar-refractivity contribution in [2.24, 2.45) is 5.92 Å². The molecular weight excluding hydrogens is 282 g/mol. The lowest BCUT2D eigenvalue weighted by atomic mass is 10.1. The molecule has 0 aliphatic carbocycles. The standard InChI is InChI=1S/C16H15N3O3/c20-15(19-7-6-12(10-19)16(21)22)13-8-17-14(18-9-13)11-4-2-1-3-5-11/h1-5,8-9,12H,6-7,10H2,(H,21,22)/t12-/m0/s1. The fourth-order valence-electron chi connectivity index (χ4n) is 2.50. The minimum absolute atomic E-state index is 0.219. The van der Waals surface area contributed by atoms with E-state index in [4.69, 9.17) is 5.11 Å². The molecule has 1 amide bonds. The monoisotopic (exact) mass is 297 g/mol. The van der Waals surface area contributed by atoms with Crippen molar-refractivity contribution in [3.8, 4) is 11.4 Å². The quantitative estimate of drug-likeness (QED) is 0.932. The van der Waals surface area contributed by atoms with Crippen molar-refractivity contribution >= 4 is 11.9 Å². The summed E-state index contributed by atoms with van der Waals surface area (Å²) in [7, 11) is 0. The average molecular weight is 297 g/mol. The molecule has 1 aliphatic heterocycles. The van der Waals surface area contributed by atoms with Gasteiger partial charge in [-0.15, -0.1) is 0 Å². The Labute approximate surface area is 127 Å². The Morgan fingerprint density at radius 2 is 1.82 bits per heavy atom. The van der Waals surface area contributed by atoms with Gasteiger partial charge in [0, 0.05) is 31.0 Å². The molecule has 0 bridgehead atoms. The molecule has 22 heavy (non-hydrogen) atoms. The SMILES string of the molecule is O=C(O)[C@H]1CCN(C(=O)c2cnc(-c3ccccc3)nc2)C1. The topological polar surface area (TPSA) is 83.4 Å². The summed E-state index contributed by atoms with van der Waals surface area (Å²) in [6.07, 6.45) is 3.47. The van der Waals surface area contributed by atoms with Crippen LogP contribution in [0.1, 0.15) is 16.8 Å². The molecule has 1 aromatic heterocycles. The highest BCUT2D eigenvalue weighted by molar-refractivity contribution is 5.94. The first-order chi connectivity index (χ1) is 10.6. The van der Waals surface area contributed by atoms with E-state index in [0.29, 0.717) is 24.4 Å². The van der Waals surface area contributed by atoms with Crippen molar-refractivity contribution < 1.29 is 14.7 Å². The number of aliphatic carboxylic acids is 1. The van der Waals surface area contributed by atoms with Gasteiger partial charge in [-0.25, -0.2) is 9.97 Å². The fraction of sp³-hybridized carbons (Fsp3) is 0.250. The first-order valence-corrected chi connectivity index (χ1v) is 7.04. The summed E-state index contributed by atoms with van der Waals surface area (Å²) in [6.45, 7) is 0.699. The Morgan fingerprint density at radius 3 is 2.41 bits per heavy atom. The molecule has 1 fully saturated rings. The van der Waals surface area contributed by atoms with Crippen LogP contribution in [-0.4, -0.2) is 44.9 Å². The van der Waals surface area contributed by atoms with E-state index in [2.05, 4.69) is 9.97 Å². The van der Waals surface area contributed by atoms with Crippen molar-refractivity contribution in [2.45, 2.75) is 6.42 Å². The highest BCUT2D eigenvalue weighted by Gasteiger charge is 2.31. The van der Waals surface area contributed by atoms with Gasteiger partial charge in [-0.1, -0.05) is 30.3 Å². The first-order valence-electron chi connectivity index (χ1n) is 7.04. The van der Waals surface area contributed by atoms with Gasteiger partial charge in [0.05, 0.1) is 11.5 Å². The number of hydrogen-bond acceptors (Lipinski definition) is 4. The van der Waals surface area contributed by atoms with Crippen LogP contribution in [0, 0.1) is 5.92 Å². The van der Waals surface area contributed by atoms with E-state index in [9.17, 15) is 9.59 Å². The first kappa shape index (κ1) is 14.2. The Bertz CT molecular complexity index is 686. The van der Waals surface area contributed by atoms with Crippen LogP contribution in [0.15, 0.2) is 42.7 Å². The number of carboxylic acids is 1. The lowest BCUT2D eigenvalue weighted by Gasteiger charge is -2.15. The molecule has 2 heterocycles. The normalized spacial score (nSPS) is 17.5. The van der Waals surface area contributed by atoms with Gasteiger partial charge in [0.1, 0.15) is 0 Å². The Morgan fingerprint density at radius 1 is 1.14 bits per heavy atom. The van der Waals surface area contributed by atoms with Gasteiger partial charge >= 0.3 is 5.97 Å². The number of aromatic nitrogens is 2. The second-order valence-corrected chi connectivity index (χ2v) is 5.24. The zero-order chi connectivity index (χ0) is 15.5. The van der Waals surface area contributed by atoms with E-state index in [-0.39, 0.29) is 12.5 Å². The summed E-state index contributed by atoms with van der Waals surface area (Å²) in [6, 6.07) is 9.50. The summed E-state index contributed by atoms with van der Waals surface area (Å²) in [5.41, 5.74) is 1.26. The highest BCUT2D eigenvalue weighted by atomic mass is 16.4. The molecule has 0 radical (unpaired) electrons. The maximum atomic E-state index is 12.3. The number of carboxylic acid groups (broad SMARTS) is 1. The van der Waals surface area contributed by atoms with Crippen LogP contribution in [0.25, 0.3) is 11.4 Å². The van der Waals surface area contributed by atoms with Crippen molar-refractivity contribution in [1.82, 2.24) is 14.9 Å². The molecule has 1 N–H and O–H groups in total. The zero-order valence-corrected chi connectivity index (χ0v) is 11.8. The van der Waals surface area contributed by atoms with Gasteiger partial charge in [-0.2, -0.15) is 0 Å². The van der Waals surface area contributed by atoms with E-state index in [1.807, 2.05) is 30.3 Å². The molecule has 6 nitrogen and oxygen atoms in total. The molecule has 1 aliphatic rings. The lowest BCUT2D eigenvalue weighted by Crippen LogP contribution is -2.30. The second kappa shape index (κ2) is 5.93. The molecule has 112 valence electrons.